The van der Waals surface area contributed by atoms with Gasteiger partial charge in [0.1, 0.15) is 5.56 Å². The molecule has 4 nitrogen and oxygen atoms in total. The molecular weight excluding hydrogens is 312 g/mol. The minimum absolute atomic E-state index is 0.129. The Balaban J connectivity index is 1.65. The van der Waals surface area contributed by atoms with Crippen molar-refractivity contribution in [2.75, 3.05) is 6.54 Å². The number of aryl methyl sites for hydroxylation is 1. The van der Waals surface area contributed by atoms with Crippen molar-refractivity contribution in [2.24, 2.45) is 0 Å². The Hall–Kier alpha value is -3.14. The van der Waals surface area contributed by atoms with Crippen molar-refractivity contribution in [3.63, 3.8) is 0 Å². The molecule has 0 spiro atoms. The predicted molar refractivity (Wildman–Crippen MR) is 99.7 cm³/mol. The normalized spacial score (nSPS) is 10.4. The Bertz CT molecular complexity index is 930. The lowest BCUT2D eigenvalue weighted by molar-refractivity contribution is 0.0952. The van der Waals surface area contributed by atoms with E-state index in [9.17, 15) is 9.59 Å². The summed E-state index contributed by atoms with van der Waals surface area (Å²) in [6.07, 6.45) is 0.730. The van der Waals surface area contributed by atoms with Crippen LogP contribution < -0.4 is 10.9 Å². The summed E-state index contributed by atoms with van der Waals surface area (Å²) in [5.41, 5.74) is 3.71. The number of aromatic amines is 1. The number of rotatable bonds is 5. The molecule has 0 saturated heterocycles. The van der Waals surface area contributed by atoms with Crippen LogP contribution in [0.15, 0.2) is 71.5 Å². The molecule has 4 heteroatoms. The van der Waals surface area contributed by atoms with Crippen molar-refractivity contribution >= 4 is 5.91 Å². The van der Waals surface area contributed by atoms with E-state index >= 15 is 0 Å². The number of hydrogen-bond donors (Lipinski definition) is 2. The van der Waals surface area contributed by atoms with Crippen LogP contribution in [0, 0.1) is 6.92 Å². The minimum Gasteiger partial charge on any atom is -0.352 e. The first-order valence-electron chi connectivity index (χ1n) is 8.26. The van der Waals surface area contributed by atoms with Gasteiger partial charge in [0.25, 0.3) is 11.5 Å². The van der Waals surface area contributed by atoms with Gasteiger partial charge in [-0.2, -0.15) is 0 Å². The van der Waals surface area contributed by atoms with E-state index in [0.29, 0.717) is 12.2 Å². The molecule has 0 fully saturated rings. The van der Waals surface area contributed by atoms with Gasteiger partial charge >= 0.3 is 0 Å². The van der Waals surface area contributed by atoms with Crippen molar-refractivity contribution in [1.82, 2.24) is 10.3 Å². The Morgan fingerprint density at radius 3 is 2.52 bits per heavy atom. The molecule has 1 amide bonds. The van der Waals surface area contributed by atoms with Crippen LogP contribution in [0.1, 0.15) is 21.5 Å². The third-order valence-electron chi connectivity index (χ3n) is 4.02. The fraction of sp³-hybridized carbons (Fsp3) is 0.143. The number of carbonyl (C=O) groups is 1. The molecular formula is C21H20N2O2. The highest BCUT2D eigenvalue weighted by Crippen LogP contribution is 2.14. The number of benzene rings is 2. The number of amides is 1. The second-order valence-corrected chi connectivity index (χ2v) is 5.98. The molecule has 3 rings (SSSR count). The maximum atomic E-state index is 12.2. The highest BCUT2D eigenvalue weighted by atomic mass is 16.2. The van der Waals surface area contributed by atoms with Crippen molar-refractivity contribution in [1.29, 1.82) is 0 Å². The fourth-order valence-corrected chi connectivity index (χ4v) is 2.72. The van der Waals surface area contributed by atoms with E-state index in [4.69, 9.17) is 0 Å². The summed E-state index contributed by atoms with van der Waals surface area (Å²) < 4.78 is 0. The van der Waals surface area contributed by atoms with Gasteiger partial charge in [-0.1, -0.05) is 60.2 Å². The van der Waals surface area contributed by atoms with Gasteiger partial charge < -0.3 is 10.3 Å². The van der Waals surface area contributed by atoms with Gasteiger partial charge in [-0.25, -0.2) is 0 Å². The van der Waals surface area contributed by atoms with Crippen LogP contribution in [0.25, 0.3) is 11.3 Å². The zero-order valence-corrected chi connectivity index (χ0v) is 14.1. The van der Waals surface area contributed by atoms with E-state index < -0.39 is 0 Å². The van der Waals surface area contributed by atoms with E-state index in [1.807, 2.05) is 55.5 Å². The van der Waals surface area contributed by atoms with E-state index in [-0.39, 0.29) is 17.0 Å². The number of aromatic nitrogens is 1. The van der Waals surface area contributed by atoms with E-state index in [1.54, 1.807) is 12.1 Å². The number of nitrogens with one attached hydrogen (secondary N) is 2. The molecule has 3 aromatic rings. The Morgan fingerprint density at radius 2 is 1.80 bits per heavy atom. The maximum absolute atomic E-state index is 12.2. The van der Waals surface area contributed by atoms with Crippen LogP contribution >= 0.6 is 0 Å². The summed E-state index contributed by atoms with van der Waals surface area (Å²) in [7, 11) is 0. The van der Waals surface area contributed by atoms with Crippen LogP contribution in [0.3, 0.4) is 0 Å². The zero-order valence-electron chi connectivity index (χ0n) is 14.1. The van der Waals surface area contributed by atoms with E-state index in [0.717, 1.165) is 17.5 Å². The molecule has 0 saturated carbocycles. The van der Waals surface area contributed by atoms with Gasteiger partial charge in [-0.05, 0) is 36.6 Å². The largest absolute Gasteiger partial charge is 0.352 e. The summed E-state index contributed by atoms with van der Waals surface area (Å²) in [6.45, 7) is 2.53. The third kappa shape index (κ3) is 4.23. The van der Waals surface area contributed by atoms with E-state index in [2.05, 4.69) is 16.4 Å². The summed E-state index contributed by atoms with van der Waals surface area (Å²) >= 11 is 0. The summed E-state index contributed by atoms with van der Waals surface area (Å²) in [4.78, 5) is 27.2. The van der Waals surface area contributed by atoms with Gasteiger partial charge in [-0.3, -0.25) is 9.59 Å². The second-order valence-electron chi connectivity index (χ2n) is 5.98. The van der Waals surface area contributed by atoms with Gasteiger partial charge in [0, 0.05) is 12.2 Å². The molecule has 0 unspecified atom stereocenters. The smallest absolute Gasteiger partial charge is 0.261 e. The SMILES string of the molecule is Cc1cccc(CCNC(=O)c2ccc(-c3ccccc3)[nH]c2=O)c1. The lowest BCUT2D eigenvalue weighted by atomic mass is 10.1. The number of H-pyrrole nitrogens is 1. The zero-order chi connectivity index (χ0) is 17.6. The summed E-state index contributed by atoms with van der Waals surface area (Å²) in [6, 6.07) is 21.0. The first-order chi connectivity index (χ1) is 12.1. The maximum Gasteiger partial charge on any atom is 0.261 e. The molecule has 0 aliphatic rings. The van der Waals surface area contributed by atoms with E-state index in [1.165, 1.54) is 5.56 Å². The monoisotopic (exact) mass is 332 g/mol. The molecule has 25 heavy (non-hydrogen) atoms. The predicted octanol–water partition coefficient (Wildman–Crippen LogP) is 3.32. The second kappa shape index (κ2) is 7.62. The summed E-state index contributed by atoms with van der Waals surface area (Å²) in [5.74, 6) is -0.353. The lowest BCUT2D eigenvalue weighted by Gasteiger charge is -2.07. The topological polar surface area (TPSA) is 62.0 Å². The van der Waals surface area contributed by atoms with Gasteiger partial charge in [0.05, 0.1) is 0 Å². The van der Waals surface area contributed by atoms with Gasteiger partial charge in [0.15, 0.2) is 0 Å². The van der Waals surface area contributed by atoms with Crippen molar-refractivity contribution in [3.8, 4) is 11.3 Å². The highest BCUT2D eigenvalue weighted by molar-refractivity contribution is 5.94. The first kappa shape index (κ1) is 16.7. The molecule has 0 radical (unpaired) electrons. The highest BCUT2D eigenvalue weighted by Gasteiger charge is 2.11. The number of hydrogen-bond acceptors (Lipinski definition) is 2. The molecule has 2 aromatic carbocycles. The average molecular weight is 332 g/mol. The molecule has 1 heterocycles. The quantitative estimate of drug-likeness (QED) is 0.753. The third-order valence-corrected chi connectivity index (χ3v) is 4.02. The van der Waals surface area contributed by atoms with Crippen molar-refractivity contribution in [2.45, 2.75) is 13.3 Å². The lowest BCUT2D eigenvalue weighted by Crippen LogP contribution is -2.31. The minimum atomic E-state index is -0.380. The van der Waals surface area contributed by atoms with Crippen LogP contribution in [0.2, 0.25) is 0 Å². The molecule has 2 N–H and O–H groups in total. The van der Waals surface area contributed by atoms with Crippen molar-refractivity contribution in [3.05, 3.63) is 93.8 Å². The Morgan fingerprint density at radius 1 is 1.00 bits per heavy atom. The molecule has 0 aliphatic carbocycles. The van der Waals surface area contributed by atoms with Crippen LogP contribution in [-0.4, -0.2) is 17.4 Å². The standard InChI is InChI=1S/C21H20N2O2/c1-15-6-5-7-16(14-15)12-13-22-20(24)18-10-11-19(23-21(18)25)17-8-3-2-4-9-17/h2-11,14H,12-13H2,1H3,(H,22,24)(H,23,25). The fourth-order valence-electron chi connectivity index (χ4n) is 2.72. The first-order valence-corrected chi connectivity index (χ1v) is 8.26. The molecule has 126 valence electrons. The molecule has 0 atom stereocenters. The number of pyridine rings is 1. The molecule has 0 aliphatic heterocycles. The van der Waals surface area contributed by atoms with Crippen LogP contribution in [0.5, 0.6) is 0 Å². The van der Waals surface area contributed by atoms with Gasteiger partial charge in [-0.15, -0.1) is 0 Å². The van der Waals surface area contributed by atoms with Crippen molar-refractivity contribution < 1.29 is 4.79 Å². The Labute approximate surface area is 146 Å². The molecule has 0 bridgehead atoms. The van der Waals surface area contributed by atoms with Gasteiger partial charge in [0.2, 0.25) is 0 Å². The Kier molecular flexibility index (Phi) is 5.09. The number of carbonyl (C=O) groups excluding carboxylic acids is 1. The molecule has 1 aromatic heterocycles. The summed E-state index contributed by atoms with van der Waals surface area (Å²) in [5, 5.41) is 2.81. The van der Waals surface area contributed by atoms with Crippen LogP contribution in [-0.2, 0) is 6.42 Å². The van der Waals surface area contributed by atoms with Crippen LogP contribution in [0.4, 0.5) is 0 Å². The average Bonchev–Trinajstić information content (AvgIpc) is 2.62.